The van der Waals surface area contributed by atoms with Crippen LogP contribution in [-0.2, 0) is 0 Å². The Morgan fingerprint density at radius 2 is 2.33 bits per heavy atom. The highest BCUT2D eigenvalue weighted by Crippen LogP contribution is 2.49. The van der Waals surface area contributed by atoms with Gasteiger partial charge in [-0.1, -0.05) is 22.0 Å². The van der Waals surface area contributed by atoms with Crippen molar-refractivity contribution in [3.05, 3.63) is 38.3 Å². The quantitative estimate of drug-likeness (QED) is 0.678. The fourth-order valence-electron chi connectivity index (χ4n) is 1.88. The second-order valence-electron chi connectivity index (χ2n) is 3.80. The molecule has 0 saturated heterocycles. The van der Waals surface area contributed by atoms with E-state index in [2.05, 4.69) is 15.9 Å². The predicted molar refractivity (Wildman–Crippen MR) is 60.7 cm³/mol. The van der Waals surface area contributed by atoms with Crippen LogP contribution in [-0.4, -0.2) is 11.5 Å². The molecule has 1 fully saturated rings. The van der Waals surface area contributed by atoms with Crippen molar-refractivity contribution in [1.29, 1.82) is 0 Å². The fraction of sp³-hybridized carbons (Fsp3) is 0.400. The molecule has 0 spiro atoms. The zero-order valence-electron chi connectivity index (χ0n) is 8.02. The average Bonchev–Trinajstić information content (AvgIpc) is 2.96. The predicted octanol–water partition coefficient (Wildman–Crippen LogP) is 2.42. The van der Waals surface area contributed by atoms with Gasteiger partial charge in [-0.05, 0) is 30.9 Å². The van der Waals surface area contributed by atoms with Gasteiger partial charge in [-0.15, -0.1) is 0 Å². The van der Waals surface area contributed by atoms with Crippen LogP contribution in [0.25, 0.3) is 0 Å². The summed E-state index contributed by atoms with van der Waals surface area (Å²) in [6, 6.07) is 5.22. The summed E-state index contributed by atoms with van der Waals surface area (Å²) in [5.41, 5.74) is 6.56. The Hall–Kier alpha value is -0.940. The van der Waals surface area contributed by atoms with E-state index in [0.29, 0.717) is 12.5 Å². The summed E-state index contributed by atoms with van der Waals surface area (Å²) in [5.74, 6) is 0.702. The van der Waals surface area contributed by atoms with Gasteiger partial charge in [0.15, 0.2) is 0 Å². The molecule has 4 nitrogen and oxygen atoms in total. The molecule has 80 valence electrons. The van der Waals surface area contributed by atoms with Crippen LogP contribution in [0.15, 0.2) is 22.7 Å². The van der Waals surface area contributed by atoms with E-state index in [4.69, 9.17) is 5.73 Å². The van der Waals surface area contributed by atoms with Crippen molar-refractivity contribution < 1.29 is 4.92 Å². The molecule has 5 heteroatoms. The first-order valence-corrected chi connectivity index (χ1v) is 5.56. The lowest BCUT2D eigenvalue weighted by Gasteiger charge is -2.02. The minimum atomic E-state index is -0.327. The molecule has 1 aliphatic carbocycles. The zero-order chi connectivity index (χ0) is 11.0. The van der Waals surface area contributed by atoms with Gasteiger partial charge >= 0.3 is 0 Å². The molecule has 0 aromatic heterocycles. The summed E-state index contributed by atoms with van der Waals surface area (Å²) in [4.78, 5) is 10.5. The fourth-order valence-corrected chi connectivity index (χ4v) is 2.23. The molecule has 0 bridgehead atoms. The van der Waals surface area contributed by atoms with Crippen LogP contribution >= 0.6 is 15.9 Å². The van der Waals surface area contributed by atoms with Gasteiger partial charge in [0.2, 0.25) is 0 Å². The van der Waals surface area contributed by atoms with E-state index < -0.39 is 0 Å². The maximum absolute atomic E-state index is 10.9. The number of nitrogens with two attached hydrogens (primary N) is 1. The minimum absolute atomic E-state index is 0.199. The summed E-state index contributed by atoms with van der Waals surface area (Å²) in [5, 5.41) is 10.9. The van der Waals surface area contributed by atoms with Crippen molar-refractivity contribution in [1.82, 2.24) is 0 Å². The smallest absolute Gasteiger partial charge is 0.274 e. The highest BCUT2D eigenvalue weighted by atomic mass is 79.9. The summed E-state index contributed by atoms with van der Waals surface area (Å²) in [7, 11) is 0. The van der Waals surface area contributed by atoms with Crippen molar-refractivity contribution in [3.8, 4) is 0 Å². The molecule has 0 heterocycles. The standard InChI is InChI=1S/C10H11BrN2O2/c11-7-1-2-8(9-3-6(9)5-12)10(4-7)13(14)15/h1-2,4,6,9H,3,5,12H2/t6-,9+/m0/s1. The van der Waals surface area contributed by atoms with E-state index in [1.54, 1.807) is 6.07 Å². The monoisotopic (exact) mass is 270 g/mol. The first kappa shape index (κ1) is 10.6. The first-order chi connectivity index (χ1) is 7.13. The lowest BCUT2D eigenvalue weighted by Crippen LogP contribution is -2.03. The average molecular weight is 271 g/mol. The molecule has 0 radical (unpaired) electrons. The van der Waals surface area contributed by atoms with Gasteiger partial charge in [-0.25, -0.2) is 0 Å². The maximum atomic E-state index is 10.9. The molecule has 1 aromatic rings. The minimum Gasteiger partial charge on any atom is -0.330 e. The number of nitrogens with zero attached hydrogens (tertiary/aromatic N) is 1. The molecule has 0 aliphatic heterocycles. The van der Waals surface area contributed by atoms with Crippen LogP contribution < -0.4 is 5.73 Å². The molecule has 2 N–H and O–H groups in total. The molecule has 0 unspecified atom stereocenters. The molecule has 2 atom stereocenters. The van der Waals surface area contributed by atoms with Gasteiger partial charge in [0.25, 0.3) is 5.69 Å². The second kappa shape index (κ2) is 3.90. The van der Waals surface area contributed by atoms with E-state index in [1.807, 2.05) is 12.1 Å². The second-order valence-corrected chi connectivity index (χ2v) is 4.71. The third-order valence-corrected chi connectivity index (χ3v) is 3.31. The molecule has 1 saturated carbocycles. The maximum Gasteiger partial charge on any atom is 0.274 e. The van der Waals surface area contributed by atoms with Crippen LogP contribution in [0.3, 0.4) is 0 Å². The first-order valence-electron chi connectivity index (χ1n) is 4.77. The Bertz CT molecular complexity index is 408. The van der Waals surface area contributed by atoms with Crippen molar-refractivity contribution in [3.63, 3.8) is 0 Å². The van der Waals surface area contributed by atoms with Crippen LogP contribution in [0.5, 0.6) is 0 Å². The Labute approximate surface area is 95.7 Å². The van der Waals surface area contributed by atoms with Gasteiger partial charge in [0.05, 0.1) is 4.92 Å². The third kappa shape index (κ3) is 2.03. The Morgan fingerprint density at radius 1 is 1.60 bits per heavy atom. The Balaban J connectivity index is 2.35. The number of hydrogen-bond acceptors (Lipinski definition) is 3. The third-order valence-electron chi connectivity index (χ3n) is 2.81. The van der Waals surface area contributed by atoms with Crippen molar-refractivity contribution in [2.75, 3.05) is 6.54 Å². The number of nitro benzene ring substituents is 1. The van der Waals surface area contributed by atoms with Gasteiger partial charge < -0.3 is 5.73 Å². The molecule has 1 aromatic carbocycles. The SMILES string of the molecule is NC[C@@H]1C[C@H]1c1ccc(Br)cc1[N+](=O)[O-]. The Morgan fingerprint density at radius 3 is 2.87 bits per heavy atom. The zero-order valence-corrected chi connectivity index (χ0v) is 9.61. The Kier molecular flexibility index (Phi) is 2.75. The normalized spacial score (nSPS) is 23.9. The number of hydrogen-bond donors (Lipinski definition) is 1. The topological polar surface area (TPSA) is 69.2 Å². The molecular weight excluding hydrogens is 260 g/mol. The van der Waals surface area contributed by atoms with E-state index in [9.17, 15) is 10.1 Å². The molecule has 0 amide bonds. The number of nitro groups is 1. The molecule has 2 rings (SSSR count). The van der Waals surface area contributed by atoms with Gasteiger partial charge in [-0.2, -0.15) is 0 Å². The van der Waals surface area contributed by atoms with Crippen LogP contribution in [0.2, 0.25) is 0 Å². The van der Waals surface area contributed by atoms with E-state index in [0.717, 1.165) is 16.5 Å². The van der Waals surface area contributed by atoms with Gasteiger partial charge in [-0.3, -0.25) is 10.1 Å². The van der Waals surface area contributed by atoms with Gasteiger partial charge in [0, 0.05) is 16.1 Å². The van der Waals surface area contributed by atoms with Crippen molar-refractivity contribution in [2.24, 2.45) is 11.7 Å². The number of halogens is 1. The number of rotatable bonds is 3. The molecular formula is C10H11BrN2O2. The summed E-state index contributed by atoms with van der Waals surface area (Å²) in [6.07, 6.45) is 0.971. The van der Waals surface area contributed by atoms with Crippen LogP contribution in [0, 0.1) is 16.0 Å². The van der Waals surface area contributed by atoms with Gasteiger partial charge in [0.1, 0.15) is 0 Å². The highest BCUT2D eigenvalue weighted by Gasteiger charge is 2.40. The van der Waals surface area contributed by atoms with Crippen molar-refractivity contribution >= 4 is 21.6 Å². The van der Waals surface area contributed by atoms with Crippen molar-refractivity contribution in [2.45, 2.75) is 12.3 Å². The summed E-state index contributed by atoms with van der Waals surface area (Å²) >= 11 is 3.24. The van der Waals surface area contributed by atoms with E-state index >= 15 is 0 Å². The van der Waals surface area contributed by atoms with E-state index in [-0.39, 0.29) is 16.5 Å². The summed E-state index contributed by atoms with van der Waals surface area (Å²) in [6.45, 7) is 0.609. The largest absolute Gasteiger partial charge is 0.330 e. The lowest BCUT2D eigenvalue weighted by molar-refractivity contribution is -0.385. The molecule has 1 aliphatic rings. The lowest BCUT2D eigenvalue weighted by atomic mass is 10.1. The number of benzene rings is 1. The molecule has 15 heavy (non-hydrogen) atoms. The van der Waals surface area contributed by atoms with E-state index in [1.165, 1.54) is 0 Å². The van der Waals surface area contributed by atoms with Crippen LogP contribution in [0.1, 0.15) is 17.9 Å². The highest BCUT2D eigenvalue weighted by molar-refractivity contribution is 9.10. The summed E-state index contributed by atoms with van der Waals surface area (Å²) < 4.78 is 0.739. The van der Waals surface area contributed by atoms with Crippen LogP contribution in [0.4, 0.5) is 5.69 Å².